The molecule has 0 atom stereocenters. The second kappa shape index (κ2) is 3.77. The Kier molecular flexibility index (Phi) is 3.15. The molecule has 0 bridgehead atoms. The molecule has 68 valence electrons. The maximum absolute atomic E-state index is 10.7. The summed E-state index contributed by atoms with van der Waals surface area (Å²) in [6, 6.07) is 1.93. The van der Waals surface area contributed by atoms with Crippen molar-refractivity contribution < 1.29 is 8.42 Å². The Hall–Kier alpha value is -0.0600. The van der Waals surface area contributed by atoms with Gasteiger partial charge in [0, 0.05) is 15.6 Å². The molecule has 0 aliphatic rings. The van der Waals surface area contributed by atoms with Crippen molar-refractivity contribution in [2.45, 2.75) is 19.1 Å². The Morgan fingerprint density at radius 3 is 2.75 bits per heavy atom. The SMILES string of the molecule is CCc1ccsc1CS(=O)(=O)Cl. The zero-order chi connectivity index (χ0) is 9.19. The van der Waals surface area contributed by atoms with Crippen molar-refractivity contribution in [2.75, 3.05) is 0 Å². The Balaban J connectivity index is 2.89. The standard InChI is InChI=1S/C7H9ClO2S2/c1-2-6-3-4-11-7(6)5-12(8,9)10/h3-4H,2,5H2,1H3. The second-order valence-corrected chi connectivity index (χ2v) is 6.18. The molecular formula is C7H9ClO2S2. The van der Waals surface area contributed by atoms with Crippen LogP contribution in [0, 0.1) is 0 Å². The fraction of sp³-hybridized carbons (Fsp3) is 0.429. The molecule has 0 unspecified atom stereocenters. The van der Waals surface area contributed by atoms with Crippen LogP contribution in [0.25, 0.3) is 0 Å². The number of halogens is 1. The van der Waals surface area contributed by atoms with Crippen LogP contribution in [0.2, 0.25) is 0 Å². The van der Waals surface area contributed by atoms with Crippen LogP contribution in [0.1, 0.15) is 17.4 Å². The third-order valence-electron chi connectivity index (χ3n) is 1.52. The minimum Gasteiger partial charge on any atom is -0.212 e. The smallest absolute Gasteiger partial charge is 0.212 e. The molecule has 0 spiro atoms. The van der Waals surface area contributed by atoms with Gasteiger partial charge in [0.1, 0.15) is 0 Å². The molecule has 0 amide bonds. The molecule has 0 radical (unpaired) electrons. The quantitative estimate of drug-likeness (QED) is 0.739. The van der Waals surface area contributed by atoms with Gasteiger partial charge in [0.05, 0.1) is 5.75 Å². The van der Waals surface area contributed by atoms with Gasteiger partial charge in [-0.1, -0.05) is 6.92 Å². The van der Waals surface area contributed by atoms with Crippen LogP contribution in [-0.2, 0) is 21.2 Å². The summed E-state index contributed by atoms with van der Waals surface area (Å²) in [6.45, 7) is 1.99. The molecule has 0 aliphatic heterocycles. The van der Waals surface area contributed by atoms with E-state index in [1.165, 1.54) is 11.3 Å². The number of rotatable bonds is 3. The number of aryl methyl sites for hydroxylation is 1. The summed E-state index contributed by atoms with van der Waals surface area (Å²) >= 11 is 1.44. The van der Waals surface area contributed by atoms with Crippen molar-refractivity contribution >= 4 is 31.1 Å². The van der Waals surface area contributed by atoms with Crippen LogP contribution >= 0.6 is 22.0 Å². The normalized spacial score (nSPS) is 11.8. The highest BCUT2D eigenvalue weighted by Crippen LogP contribution is 2.21. The lowest BCUT2D eigenvalue weighted by molar-refractivity contribution is 0.609. The monoisotopic (exact) mass is 224 g/mol. The predicted octanol–water partition coefficient (Wildman–Crippen LogP) is 2.38. The van der Waals surface area contributed by atoms with E-state index in [2.05, 4.69) is 0 Å². The Morgan fingerprint density at radius 2 is 2.25 bits per heavy atom. The van der Waals surface area contributed by atoms with Crippen LogP contribution in [0.5, 0.6) is 0 Å². The largest absolute Gasteiger partial charge is 0.237 e. The molecule has 0 saturated heterocycles. The zero-order valence-corrected chi connectivity index (χ0v) is 8.97. The van der Waals surface area contributed by atoms with Gasteiger partial charge in [0.15, 0.2) is 0 Å². The summed E-state index contributed by atoms with van der Waals surface area (Å²) in [5, 5.41) is 1.89. The van der Waals surface area contributed by atoms with Crippen molar-refractivity contribution in [1.29, 1.82) is 0 Å². The van der Waals surface area contributed by atoms with Gasteiger partial charge >= 0.3 is 0 Å². The van der Waals surface area contributed by atoms with Crippen molar-refractivity contribution in [3.05, 3.63) is 21.9 Å². The Morgan fingerprint density at radius 1 is 1.58 bits per heavy atom. The minimum atomic E-state index is -3.40. The third kappa shape index (κ3) is 2.77. The number of hydrogen-bond acceptors (Lipinski definition) is 3. The van der Waals surface area contributed by atoms with Gasteiger partial charge in [-0.25, -0.2) is 8.42 Å². The summed E-state index contributed by atoms with van der Waals surface area (Å²) in [6.07, 6.45) is 0.852. The lowest BCUT2D eigenvalue weighted by Gasteiger charge is -1.96. The first-order chi connectivity index (χ1) is 5.53. The maximum Gasteiger partial charge on any atom is 0.237 e. The fourth-order valence-electron chi connectivity index (χ4n) is 0.965. The van der Waals surface area contributed by atoms with Gasteiger partial charge < -0.3 is 0 Å². The molecule has 1 aromatic rings. The van der Waals surface area contributed by atoms with Gasteiger partial charge in [-0.3, -0.25) is 0 Å². The highest BCUT2D eigenvalue weighted by Gasteiger charge is 2.11. The summed E-state index contributed by atoms with van der Waals surface area (Å²) in [4.78, 5) is 0.854. The van der Waals surface area contributed by atoms with E-state index in [0.29, 0.717) is 0 Å². The molecule has 12 heavy (non-hydrogen) atoms. The average molecular weight is 225 g/mol. The first kappa shape index (κ1) is 10.0. The highest BCUT2D eigenvalue weighted by atomic mass is 35.7. The van der Waals surface area contributed by atoms with Crippen LogP contribution in [0.3, 0.4) is 0 Å². The van der Waals surface area contributed by atoms with Gasteiger partial charge in [0.2, 0.25) is 9.05 Å². The lowest BCUT2D eigenvalue weighted by atomic mass is 10.2. The van der Waals surface area contributed by atoms with Crippen molar-refractivity contribution in [3.63, 3.8) is 0 Å². The molecule has 0 saturated carbocycles. The molecule has 0 fully saturated rings. The molecule has 1 rings (SSSR count). The lowest BCUT2D eigenvalue weighted by Crippen LogP contribution is -1.95. The zero-order valence-electron chi connectivity index (χ0n) is 6.58. The van der Waals surface area contributed by atoms with E-state index >= 15 is 0 Å². The van der Waals surface area contributed by atoms with Crippen LogP contribution in [0.15, 0.2) is 11.4 Å². The van der Waals surface area contributed by atoms with Crippen molar-refractivity contribution in [3.8, 4) is 0 Å². The fourth-order valence-corrected chi connectivity index (χ4v) is 3.48. The van der Waals surface area contributed by atoms with E-state index < -0.39 is 9.05 Å². The summed E-state index contributed by atoms with van der Waals surface area (Å²) in [5.74, 6) is -0.0462. The summed E-state index contributed by atoms with van der Waals surface area (Å²) < 4.78 is 21.5. The topological polar surface area (TPSA) is 34.1 Å². The molecule has 1 aromatic heterocycles. The molecule has 2 nitrogen and oxygen atoms in total. The van der Waals surface area contributed by atoms with Gasteiger partial charge in [0.25, 0.3) is 0 Å². The van der Waals surface area contributed by atoms with Crippen molar-refractivity contribution in [1.82, 2.24) is 0 Å². The van der Waals surface area contributed by atoms with Gasteiger partial charge in [-0.15, -0.1) is 11.3 Å². The van der Waals surface area contributed by atoms with Crippen LogP contribution in [-0.4, -0.2) is 8.42 Å². The van der Waals surface area contributed by atoms with Crippen LogP contribution < -0.4 is 0 Å². The van der Waals surface area contributed by atoms with E-state index in [9.17, 15) is 8.42 Å². The molecule has 0 aliphatic carbocycles. The molecular weight excluding hydrogens is 216 g/mol. The van der Waals surface area contributed by atoms with E-state index in [1.54, 1.807) is 0 Å². The molecule has 0 N–H and O–H groups in total. The first-order valence-corrected chi connectivity index (χ1v) is 6.86. The summed E-state index contributed by atoms with van der Waals surface area (Å²) in [7, 11) is 1.74. The minimum absolute atomic E-state index is 0.0462. The molecule has 1 heterocycles. The van der Waals surface area contributed by atoms with E-state index in [0.717, 1.165) is 16.9 Å². The van der Waals surface area contributed by atoms with E-state index in [1.807, 2.05) is 18.4 Å². The second-order valence-electron chi connectivity index (χ2n) is 2.41. The van der Waals surface area contributed by atoms with Gasteiger partial charge in [-0.2, -0.15) is 0 Å². The van der Waals surface area contributed by atoms with E-state index in [4.69, 9.17) is 10.7 Å². The molecule has 5 heteroatoms. The average Bonchev–Trinajstić information content (AvgIpc) is 2.31. The highest BCUT2D eigenvalue weighted by molar-refractivity contribution is 8.13. The van der Waals surface area contributed by atoms with Crippen molar-refractivity contribution in [2.24, 2.45) is 0 Å². The predicted molar refractivity (Wildman–Crippen MR) is 52.2 cm³/mol. The molecule has 0 aromatic carbocycles. The maximum atomic E-state index is 10.7. The van der Waals surface area contributed by atoms with Gasteiger partial charge in [-0.05, 0) is 23.4 Å². The number of thiophene rings is 1. The van der Waals surface area contributed by atoms with Crippen LogP contribution in [0.4, 0.5) is 0 Å². The first-order valence-electron chi connectivity index (χ1n) is 3.50. The summed E-state index contributed by atoms with van der Waals surface area (Å²) in [5.41, 5.74) is 1.07. The number of hydrogen-bond donors (Lipinski definition) is 0. The third-order valence-corrected chi connectivity index (χ3v) is 3.63. The Bertz CT molecular complexity index is 353. The Labute approximate surface area is 80.6 Å². The van der Waals surface area contributed by atoms with E-state index in [-0.39, 0.29) is 5.75 Å².